The van der Waals surface area contributed by atoms with Gasteiger partial charge in [-0.2, -0.15) is 0 Å². The molecular formula is C15H13F2NO2. The summed E-state index contributed by atoms with van der Waals surface area (Å²) in [7, 11) is 1.18. The van der Waals surface area contributed by atoms with Gasteiger partial charge in [0, 0.05) is 17.8 Å². The molecule has 2 rings (SSSR count). The lowest BCUT2D eigenvalue weighted by molar-refractivity contribution is 0.0595. The summed E-state index contributed by atoms with van der Waals surface area (Å²) in [5.41, 5.74) is 0.831. The number of carbonyl (C=O) groups excluding carboxylic acids is 1. The third-order valence-corrected chi connectivity index (χ3v) is 2.81. The Balaban J connectivity index is 2.14. The molecule has 0 unspecified atom stereocenters. The van der Waals surface area contributed by atoms with Gasteiger partial charge >= 0.3 is 5.97 Å². The fraction of sp³-hybridized carbons (Fsp3) is 0.133. The first-order valence-corrected chi connectivity index (χ1v) is 5.97. The van der Waals surface area contributed by atoms with E-state index in [2.05, 4.69) is 10.1 Å². The largest absolute Gasteiger partial charge is 0.465 e. The number of hydrogen-bond acceptors (Lipinski definition) is 3. The average molecular weight is 277 g/mol. The van der Waals surface area contributed by atoms with Crippen molar-refractivity contribution in [1.82, 2.24) is 0 Å². The molecular weight excluding hydrogens is 264 g/mol. The van der Waals surface area contributed by atoms with Crippen molar-refractivity contribution in [2.75, 3.05) is 12.4 Å². The number of esters is 1. The topological polar surface area (TPSA) is 38.3 Å². The lowest BCUT2D eigenvalue weighted by atomic mass is 10.1. The van der Waals surface area contributed by atoms with E-state index in [0.29, 0.717) is 11.3 Å². The molecule has 104 valence electrons. The van der Waals surface area contributed by atoms with Crippen molar-refractivity contribution in [3.05, 3.63) is 65.2 Å². The normalized spacial score (nSPS) is 10.2. The molecule has 0 bridgehead atoms. The summed E-state index contributed by atoms with van der Waals surface area (Å²) >= 11 is 0. The Morgan fingerprint density at radius 3 is 2.60 bits per heavy atom. The zero-order chi connectivity index (χ0) is 14.5. The summed E-state index contributed by atoms with van der Waals surface area (Å²) in [6.07, 6.45) is 0. The van der Waals surface area contributed by atoms with E-state index in [0.717, 1.165) is 6.07 Å². The molecule has 0 saturated heterocycles. The van der Waals surface area contributed by atoms with Gasteiger partial charge < -0.3 is 10.1 Å². The van der Waals surface area contributed by atoms with E-state index in [1.807, 2.05) is 0 Å². The van der Waals surface area contributed by atoms with E-state index in [-0.39, 0.29) is 17.9 Å². The van der Waals surface area contributed by atoms with E-state index in [4.69, 9.17) is 0 Å². The predicted octanol–water partition coefficient (Wildman–Crippen LogP) is 3.36. The number of nitrogens with one attached hydrogen (secondary N) is 1. The summed E-state index contributed by atoms with van der Waals surface area (Å²) in [6.45, 7) is 0.235. The van der Waals surface area contributed by atoms with Crippen molar-refractivity contribution in [3.63, 3.8) is 0 Å². The van der Waals surface area contributed by atoms with Crippen LogP contribution in [-0.2, 0) is 11.3 Å². The number of hydrogen-bond donors (Lipinski definition) is 1. The lowest BCUT2D eigenvalue weighted by Crippen LogP contribution is -2.07. The first-order chi connectivity index (χ1) is 9.61. The van der Waals surface area contributed by atoms with Gasteiger partial charge in [-0.3, -0.25) is 0 Å². The molecule has 0 radical (unpaired) electrons. The summed E-state index contributed by atoms with van der Waals surface area (Å²) < 4.78 is 31.4. The van der Waals surface area contributed by atoms with E-state index in [1.54, 1.807) is 18.2 Å². The number of halogens is 2. The molecule has 2 aromatic carbocycles. The summed E-state index contributed by atoms with van der Waals surface area (Å²) in [6, 6.07) is 10.3. The van der Waals surface area contributed by atoms with Crippen molar-refractivity contribution in [1.29, 1.82) is 0 Å². The minimum absolute atomic E-state index is 0.161. The Hall–Kier alpha value is -2.43. The van der Waals surface area contributed by atoms with Gasteiger partial charge in [0.25, 0.3) is 0 Å². The Labute approximate surface area is 115 Å². The maximum absolute atomic E-state index is 13.4. The molecule has 0 fully saturated rings. The average Bonchev–Trinajstić information content (AvgIpc) is 2.47. The Bertz CT molecular complexity index is 629. The van der Waals surface area contributed by atoms with Gasteiger partial charge in [0.2, 0.25) is 0 Å². The van der Waals surface area contributed by atoms with E-state index in [1.165, 1.54) is 25.3 Å². The van der Waals surface area contributed by atoms with Crippen LogP contribution in [0.3, 0.4) is 0 Å². The van der Waals surface area contributed by atoms with Gasteiger partial charge in [0.1, 0.15) is 11.6 Å². The molecule has 5 heteroatoms. The minimum Gasteiger partial charge on any atom is -0.465 e. The summed E-state index contributed by atoms with van der Waals surface area (Å²) in [5, 5.41) is 2.93. The van der Waals surface area contributed by atoms with Crippen LogP contribution in [0.15, 0.2) is 42.5 Å². The molecule has 0 aliphatic heterocycles. The van der Waals surface area contributed by atoms with Crippen molar-refractivity contribution in [3.8, 4) is 0 Å². The quantitative estimate of drug-likeness (QED) is 0.871. The highest BCUT2D eigenvalue weighted by Gasteiger charge is 2.12. The second kappa shape index (κ2) is 6.14. The van der Waals surface area contributed by atoms with Gasteiger partial charge in [0.05, 0.1) is 12.7 Å². The van der Waals surface area contributed by atoms with Gasteiger partial charge in [-0.25, -0.2) is 13.6 Å². The maximum atomic E-state index is 13.4. The third kappa shape index (κ3) is 3.12. The molecule has 0 aromatic heterocycles. The van der Waals surface area contributed by atoms with Crippen LogP contribution in [0.5, 0.6) is 0 Å². The molecule has 0 amide bonds. The van der Waals surface area contributed by atoms with Crippen LogP contribution >= 0.6 is 0 Å². The predicted molar refractivity (Wildman–Crippen MR) is 71.5 cm³/mol. The van der Waals surface area contributed by atoms with E-state index in [9.17, 15) is 13.6 Å². The van der Waals surface area contributed by atoms with Crippen LogP contribution in [0.25, 0.3) is 0 Å². The molecule has 0 atom stereocenters. The van der Waals surface area contributed by atoms with Crippen molar-refractivity contribution >= 4 is 11.7 Å². The minimum atomic E-state index is -0.753. The van der Waals surface area contributed by atoms with Crippen LogP contribution in [0.2, 0.25) is 0 Å². The first-order valence-electron chi connectivity index (χ1n) is 5.97. The van der Waals surface area contributed by atoms with E-state index >= 15 is 0 Å². The Kier molecular flexibility index (Phi) is 4.30. The molecule has 2 aromatic rings. The molecule has 0 aliphatic carbocycles. The van der Waals surface area contributed by atoms with Gasteiger partial charge in [-0.15, -0.1) is 0 Å². The van der Waals surface area contributed by atoms with Crippen molar-refractivity contribution in [2.45, 2.75) is 6.54 Å². The number of methoxy groups -OCH3 is 1. The van der Waals surface area contributed by atoms with Crippen molar-refractivity contribution in [2.24, 2.45) is 0 Å². The fourth-order valence-corrected chi connectivity index (χ4v) is 1.74. The van der Waals surface area contributed by atoms with Gasteiger partial charge in [-0.1, -0.05) is 18.2 Å². The van der Waals surface area contributed by atoms with Gasteiger partial charge in [-0.05, 0) is 24.3 Å². The van der Waals surface area contributed by atoms with E-state index < -0.39 is 11.8 Å². The summed E-state index contributed by atoms with van der Waals surface area (Å²) in [5.74, 6) is -1.74. The Morgan fingerprint density at radius 1 is 1.15 bits per heavy atom. The Morgan fingerprint density at radius 2 is 1.90 bits per heavy atom. The van der Waals surface area contributed by atoms with Crippen LogP contribution in [0.4, 0.5) is 14.5 Å². The van der Waals surface area contributed by atoms with Crippen molar-refractivity contribution < 1.29 is 18.3 Å². The third-order valence-electron chi connectivity index (χ3n) is 2.81. The molecule has 0 aliphatic rings. The zero-order valence-electron chi connectivity index (χ0n) is 10.8. The maximum Gasteiger partial charge on any atom is 0.340 e. The second-order valence-corrected chi connectivity index (χ2v) is 4.13. The van der Waals surface area contributed by atoms with Crippen LogP contribution in [0, 0.1) is 11.6 Å². The number of anilines is 1. The molecule has 0 saturated carbocycles. The first kappa shape index (κ1) is 14.0. The van der Waals surface area contributed by atoms with Crippen LogP contribution in [-0.4, -0.2) is 13.1 Å². The zero-order valence-corrected chi connectivity index (χ0v) is 10.8. The highest BCUT2D eigenvalue weighted by Crippen LogP contribution is 2.17. The highest BCUT2D eigenvalue weighted by atomic mass is 19.1. The summed E-state index contributed by atoms with van der Waals surface area (Å²) in [4.78, 5) is 11.4. The number of ether oxygens (including phenoxy) is 1. The second-order valence-electron chi connectivity index (χ2n) is 4.13. The highest BCUT2D eigenvalue weighted by molar-refractivity contribution is 5.90. The number of rotatable bonds is 4. The standard InChI is InChI=1S/C15H13F2NO2/c1-20-15(19)12-8-11(6-7-14(12)17)18-9-10-4-2-3-5-13(10)16/h2-8,18H,9H2,1H3. The number of benzene rings is 2. The number of carbonyl (C=O) groups is 1. The monoisotopic (exact) mass is 277 g/mol. The molecule has 20 heavy (non-hydrogen) atoms. The van der Waals surface area contributed by atoms with Gasteiger partial charge in [0.15, 0.2) is 0 Å². The molecule has 3 nitrogen and oxygen atoms in total. The lowest BCUT2D eigenvalue weighted by Gasteiger charge is -2.09. The molecule has 0 spiro atoms. The van der Waals surface area contributed by atoms with Crippen LogP contribution < -0.4 is 5.32 Å². The van der Waals surface area contributed by atoms with Crippen LogP contribution in [0.1, 0.15) is 15.9 Å². The molecule has 1 N–H and O–H groups in total. The molecule has 0 heterocycles. The smallest absolute Gasteiger partial charge is 0.340 e. The SMILES string of the molecule is COC(=O)c1cc(NCc2ccccc2F)ccc1F. The fourth-order valence-electron chi connectivity index (χ4n) is 1.74.